The van der Waals surface area contributed by atoms with Crippen molar-refractivity contribution in [3.05, 3.63) is 47.1 Å². The molecule has 0 saturated carbocycles. The smallest absolute Gasteiger partial charge is 0.0455 e. The Balaban J connectivity index is 2.45. The summed E-state index contributed by atoms with van der Waals surface area (Å²) in [6, 6.07) is 7.86. The molecule has 70 valence electrons. The molecule has 13 heavy (non-hydrogen) atoms. The van der Waals surface area contributed by atoms with Gasteiger partial charge in [-0.15, -0.1) is 0 Å². The molecule has 0 aromatic heterocycles. The molecule has 0 amide bonds. The zero-order chi connectivity index (χ0) is 9.52. The highest BCUT2D eigenvalue weighted by atomic mass is 35.5. The second kappa shape index (κ2) is 5.65. The Morgan fingerprint density at radius 3 is 2.85 bits per heavy atom. The molecule has 1 N–H and O–H groups in total. The molecule has 0 spiro atoms. The first-order valence-corrected chi connectivity index (χ1v) is 4.84. The molecule has 1 nitrogen and oxygen atoms in total. The molecule has 0 bridgehead atoms. The fraction of sp³-hybridized carbons (Fsp3) is 0.273. The Labute approximate surface area is 84.4 Å². The zero-order valence-electron chi connectivity index (χ0n) is 7.76. The first kappa shape index (κ1) is 10.1. The lowest BCUT2D eigenvalue weighted by molar-refractivity contribution is 0.864. The number of benzene rings is 1. The Bertz CT molecular complexity index is 281. The second-order valence-electron chi connectivity index (χ2n) is 2.78. The van der Waals surface area contributed by atoms with E-state index in [0.717, 1.165) is 23.6 Å². The van der Waals surface area contributed by atoms with Crippen molar-refractivity contribution in [3.63, 3.8) is 0 Å². The Hall–Kier alpha value is -0.950. The van der Waals surface area contributed by atoms with Gasteiger partial charge in [0.05, 0.1) is 0 Å². The van der Waals surface area contributed by atoms with E-state index < -0.39 is 0 Å². The number of hydrogen-bond donors (Lipinski definition) is 1. The van der Waals surface area contributed by atoms with E-state index in [-0.39, 0.29) is 0 Å². The van der Waals surface area contributed by atoms with Crippen LogP contribution in [-0.4, -0.2) is 0 Å². The van der Waals surface area contributed by atoms with Gasteiger partial charge in [0.2, 0.25) is 0 Å². The second-order valence-corrected chi connectivity index (χ2v) is 3.19. The molecule has 0 aliphatic carbocycles. The SMILES string of the molecule is CC/C=C/NCc1ccccc1Cl. The molecule has 0 fully saturated rings. The van der Waals surface area contributed by atoms with Crippen LogP contribution in [0.25, 0.3) is 0 Å². The van der Waals surface area contributed by atoms with E-state index in [4.69, 9.17) is 11.6 Å². The number of halogens is 1. The van der Waals surface area contributed by atoms with Crippen LogP contribution in [0.1, 0.15) is 18.9 Å². The minimum atomic E-state index is 0.788. The third-order valence-corrected chi connectivity index (χ3v) is 2.09. The van der Waals surface area contributed by atoms with E-state index in [0.29, 0.717) is 0 Å². The maximum atomic E-state index is 5.97. The van der Waals surface area contributed by atoms with Gasteiger partial charge in [0.1, 0.15) is 0 Å². The molecule has 1 aromatic rings. The van der Waals surface area contributed by atoms with Crippen molar-refractivity contribution < 1.29 is 0 Å². The summed E-state index contributed by atoms with van der Waals surface area (Å²) in [7, 11) is 0. The lowest BCUT2D eigenvalue weighted by Gasteiger charge is -2.02. The van der Waals surface area contributed by atoms with Gasteiger partial charge >= 0.3 is 0 Å². The molecular formula is C11H14ClN. The minimum Gasteiger partial charge on any atom is -0.387 e. The number of hydrogen-bond acceptors (Lipinski definition) is 1. The normalized spacial score (nSPS) is 10.6. The van der Waals surface area contributed by atoms with E-state index in [9.17, 15) is 0 Å². The van der Waals surface area contributed by atoms with Gasteiger partial charge in [0, 0.05) is 11.6 Å². The summed E-state index contributed by atoms with van der Waals surface area (Å²) < 4.78 is 0. The molecule has 1 rings (SSSR count). The fourth-order valence-corrected chi connectivity index (χ4v) is 1.21. The first-order chi connectivity index (χ1) is 6.34. The summed E-state index contributed by atoms with van der Waals surface area (Å²) in [5, 5.41) is 4.00. The fourth-order valence-electron chi connectivity index (χ4n) is 1.01. The van der Waals surface area contributed by atoms with Crippen LogP contribution < -0.4 is 5.32 Å². The van der Waals surface area contributed by atoms with Gasteiger partial charge in [-0.2, -0.15) is 0 Å². The van der Waals surface area contributed by atoms with Crippen molar-refractivity contribution in [2.24, 2.45) is 0 Å². The minimum absolute atomic E-state index is 0.788. The molecule has 0 heterocycles. The van der Waals surface area contributed by atoms with Crippen LogP contribution in [0.15, 0.2) is 36.5 Å². The molecule has 0 atom stereocenters. The highest BCUT2D eigenvalue weighted by molar-refractivity contribution is 6.31. The third kappa shape index (κ3) is 3.51. The monoisotopic (exact) mass is 195 g/mol. The first-order valence-electron chi connectivity index (χ1n) is 4.46. The van der Waals surface area contributed by atoms with E-state index in [1.807, 2.05) is 30.5 Å². The molecule has 1 aromatic carbocycles. The zero-order valence-corrected chi connectivity index (χ0v) is 8.51. The molecule has 0 radical (unpaired) electrons. The molecule has 0 aliphatic heterocycles. The summed E-state index contributed by atoms with van der Waals surface area (Å²) >= 11 is 5.97. The third-order valence-electron chi connectivity index (χ3n) is 1.72. The number of allylic oxidation sites excluding steroid dienone is 1. The van der Waals surface area contributed by atoms with Crippen LogP contribution in [0.4, 0.5) is 0 Å². The highest BCUT2D eigenvalue weighted by Gasteiger charge is 1.95. The lowest BCUT2D eigenvalue weighted by Crippen LogP contribution is -2.04. The van der Waals surface area contributed by atoms with E-state index in [1.165, 1.54) is 0 Å². The van der Waals surface area contributed by atoms with E-state index in [1.54, 1.807) is 0 Å². The molecule has 2 heteroatoms. The van der Waals surface area contributed by atoms with Crippen molar-refractivity contribution in [2.75, 3.05) is 0 Å². The van der Waals surface area contributed by atoms with E-state index in [2.05, 4.69) is 18.3 Å². The number of nitrogens with one attached hydrogen (secondary N) is 1. The van der Waals surface area contributed by atoms with Gasteiger partial charge in [0.15, 0.2) is 0 Å². The Morgan fingerprint density at radius 1 is 1.38 bits per heavy atom. The highest BCUT2D eigenvalue weighted by Crippen LogP contribution is 2.13. The largest absolute Gasteiger partial charge is 0.387 e. The standard InChI is InChI=1S/C11H14ClN/c1-2-3-8-13-9-10-6-4-5-7-11(10)12/h3-8,13H,2,9H2,1H3/b8-3+. The van der Waals surface area contributed by atoms with Gasteiger partial charge < -0.3 is 5.32 Å². The van der Waals surface area contributed by atoms with Gasteiger partial charge in [-0.25, -0.2) is 0 Å². The van der Waals surface area contributed by atoms with Crippen LogP contribution >= 0.6 is 11.6 Å². The lowest BCUT2D eigenvalue weighted by atomic mass is 10.2. The van der Waals surface area contributed by atoms with Crippen LogP contribution in [0, 0.1) is 0 Å². The van der Waals surface area contributed by atoms with E-state index >= 15 is 0 Å². The van der Waals surface area contributed by atoms with Gasteiger partial charge in [-0.05, 0) is 24.3 Å². The van der Waals surface area contributed by atoms with Gasteiger partial charge in [0.25, 0.3) is 0 Å². The van der Waals surface area contributed by atoms with Gasteiger partial charge in [-0.3, -0.25) is 0 Å². The molecule has 0 saturated heterocycles. The van der Waals surface area contributed by atoms with Crippen molar-refractivity contribution in [3.8, 4) is 0 Å². The van der Waals surface area contributed by atoms with Crippen LogP contribution in [0.2, 0.25) is 5.02 Å². The van der Waals surface area contributed by atoms with Crippen LogP contribution in [-0.2, 0) is 6.54 Å². The summed E-state index contributed by atoms with van der Waals surface area (Å²) in [5.41, 5.74) is 1.13. The van der Waals surface area contributed by atoms with Crippen molar-refractivity contribution in [1.29, 1.82) is 0 Å². The topological polar surface area (TPSA) is 12.0 Å². The summed E-state index contributed by atoms with van der Waals surface area (Å²) in [6.45, 7) is 2.89. The summed E-state index contributed by atoms with van der Waals surface area (Å²) in [5.74, 6) is 0. The van der Waals surface area contributed by atoms with Gasteiger partial charge in [-0.1, -0.05) is 42.8 Å². The molecule has 0 aliphatic rings. The van der Waals surface area contributed by atoms with Crippen molar-refractivity contribution in [1.82, 2.24) is 5.32 Å². The average Bonchev–Trinajstić information content (AvgIpc) is 2.15. The maximum Gasteiger partial charge on any atom is 0.0455 e. The maximum absolute atomic E-state index is 5.97. The Morgan fingerprint density at radius 2 is 2.15 bits per heavy atom. The quantitative estimate of drug-likeness (QED) is 0.777. The average molecular weight is 196 g/mol. The molecular weight excluding hydrogens is 182 g/mol. The Kier molecular flexibility index (Phi) is 4.41. The predicted molar refractivity (Wildman–Crippen MR) is 57.7 cm³/mol. The summed E-state index contributed by atoms with van der Waals surface area (Å²) in [4.78, 5) is 0. The van der Waals surface area contributed by atoms with Crippen molar-refractivity contribution >= 4 is 11.6 Å². The number of rotatable bonds is 4. The van der Waals surface area contributed by atoms with Crippen molar-refractivity contribution in [2.45, 2.75) is 19.9 Å². The molecule has 0 unspecified atom stereocenters. The van der Waals surface area contributed by atoms with Crippen LogP contribution in [0.3, 0.4) is 0 Å². The van der Waals surface area contributed by atoms with Crippen LogP contribution in [0.5, 0.6) is 0 Å². The predicted octanol–water partition coefficient (Wildman–Crippen LogP) is 3.35. The summed E-state index contributed by atoms with van der Waals surface area (Å²) in [6.07, 6.45) is 5.09.